The molecular formula is C96H60O2. The number of fused-ring (bicyclic) bond motifs is 12. The van der Waals surface area contributed by atoms with Crippen LogP contribution < -0.4 is 0 Å². The number of hydrogen-bond acceptors (Lipinski definition) is 2. The van der Waals surface area contributed by atoms with E-state index in [1.54, 1.807) is 0 Å². The van der Waals surface area contributed by atoms with Gasteiger partial charge < -0.3 is 8.83 Å². The zero-order valence-electron chi connectivity index (χ0n) is 58.1. The molecule has 0 unspecified atom stereocenters. The molecule has 0 fully saturated rings. The van der Waals surface area contributed by atoms with Gasteiger partial charge in [0.05, 0.1) is 6.85 Å². The summed E-state index contributed by atoms with van der Waals surface area (Å²) in [6.45, 7) is 0. The molecule has 2 heteroatoms. The Bertz CT molecular complexity index is 6710. The highest BCUT2D eigenvalue weighted by atomic mass is 16.3. The molecule has 0 saturated heterocycles. The highest BCUT2D eigenvalue weighted by Gasteiger charge is 2.24. The summed E-state index contributed by atoms with van der Waals surface area (Å²) in [4.78, 5) is 0. The largest absolute Gasteiger partial charge is 0.456 e. The molecule has 18 aromatic carbocycles. The molecule has 98 heavy (non-hydrogen) atoms. The van der Waals surface area contributed by atoms with Gasteiger partial charge in [-0.25, -0.2) is 0 Å². The van der Waals surface area contributed by atoms with Crippen LogP contribution in [0.1, 0.15) is 6.85 Å². The molecule has 20 rings (SSSR count). The summed E-state index contributed by atoms with van der Waals surface area (Å²) in [6.07, 6.45) is 0. The van der Waals surface area contributed by atoms with Crippen LogP contribution in [0.5, 0.6) is 0 Å². The Balaban J connectivity index is 0.000000143. The summed E-state index contributed by atoms with van der Waals surface area (Å²) in [5.74, 6) is 0. The quantitative estimate of drug-likeness (QED) is 0.142. The van der Waals surface area contributed by atoms with Crippen LogP contribution >= 0.6 is 0 Å². The molecule has 0 aliphatic carbocycles. The Morgan fingerprint density at radius 2 is 0.602 bits per heavy atom. The van der Waals surface area contributed by atoms with Crippen LogP contribution in [0.15, 0.2) is 373 Å². The zero-order chi connectivity index (χ0) is 69.0. The Labute approximate surface area is 573 Å². The number of benzene rings is 18. The average molecular weight is 1250 g/mol. The van der Waals surface area contributed by atoms with Gasteiger partial charge in [0.15, 0.2) is 0 Å². The molecule has 0 atom stereocenters. The van der Waals surface area contributed by atoms with Crippen molar-refractivity contribution >= 4 is 109 Å². The standard InChI is InChI=1S/2C48H30O/c1-3-15-31(16-4-1)33-29-43(48-42-25-13-14-26-44(42)49-45(48)30-33)36-27-28-41(35-20-8-7-19-34(35)36)47-39-23-11-9-21-37(39)46(32-17-5-2-6-18-32)38-22-10-12-24-40(38)47;1-2-13-33(14-3-1)45-39-16-6-8-18-41(39)46(42-19-9-7-17-40(42)45)34-25-23-32(24-26-34)37-28-29-38(36-27-22-31-12-4-5-15-35(31)30-36)48-47(37)43-20-10-11-21-44(43)49-48/h2*1-30H/i2D,5D,6D,17D,18D;. The second kappa shape index (κ2) is 23.5. The van der Waals surface area contributed by atoms with Gasteiger partial charge >= 0.3 is 0 Å². The number of furan rings is 2. The van der Waals surface area contributed by atoms with Gasteiger partial charge in [0.25, 0.3) is 0 Å². The van der Waals surface area contributed by atoms with Crippen LogP contribution in [-0.2, 0) is 0 Å². The first kappa shape index (κ1) is 51.5. The monoisotopic (exact) mass is 1250 g/mol. The smallest absolute Gasteiger partial charge is 0.143 e. The van der Waals surface area contributed by atoms with Gasteiger partial charge in [0, 0.05) is 27.1 Å². The Kier molecular flexibility index (Phi) is 12.4. The highest BCUT2D eigenvalue weighted by Crippen LogP contribution is 2.50. The molecule has 0 N–H and O–H groups in total. The number of rotatable bonds is 8. The third-order valence-electron chi connectivity index (χ3n) is 19.8. The van der Waals surface area contributed by atoms with Crippen LogP contribution in [0.4, 0.5) is 0 Å². The van der Waals surface area contributed by atoms with Crippen LogP contribution in [0, 0.1) is 0 Å². The SMILES string of the molecule is [2H]c1c([2H])c([2H])c(-c2c3ccccc3c(-c3ccc(-c4cc(-c5ccccc5)cc5oc6ccccc6c45)c4ccccc34)c3ccccc23)c([2H])c1[2H].c1ccc(-c2c3ccccc3c(-c3ccc(-c4ccc(-c5ccc6ccccc6c5)c5oc6ccccc6c45)cc3)c3ccccc23)cc1. The summed E-state index contributed by atoms with van der Waals surface area (Å²) >= 11 is 0. The fourth-order valence-corrected chi connectivity index (χ4v) is 15.5. The Hall–Kier alpha value is -12.9. The first-order chi connectivity index (χ1) is 50.7. The van der Waals surface area contributed by atoms with Crippen molar-refractivity contribution in [2.75, 3.05) is 0 Å². The lowest BCUT2D eigenvalue weighted by Crippen LogP contribution is -1.92. The molecule has 0 spiro atoms. The maximum absolute atomic E-state index is 8.94. The second-order valence-corrected chi connectivity index (χ2v) is 25.2. The van der Waals surface area contributed by atoms with Gasteiger partial charge in [-0.15, -0.1) is 0 Å². The van der Waals surface area contributed by atoms with Crippen molar-refractivity contribution in [3.05, 3.63) is 364 Å². The summed E-state index contributed by atoms with van der Waals surface area (Å²) in [5.41, 5.74) is 20.4. The fourth-order valence-electron chi connectivity index (χ4n) is 15.5. The topological polar surface area (TPSA) is 26.3 Å². The molecular weight excluding hydrogens is 1190 g/mol. The molecule has 0 bridgehead atoms. The van der Waals surface area contributed by atoms with Crippen LogP contribution in [-0.4, -0.2) is 0 Å². The van der Waals surface area contributed by atoms with E-state index in [2.05, 4.69) is 273 Å². The van der Waals surface area contributed by atoms with Crippen molar-refractivity contribution in [2.24, 2.45) is 0 Å². The highest BCUT2D eigenvalue weighted by molar-refractivity contribution is 6.26. The van der Waals surface area contributed by atoms with Gasteiger partial charge in [0.1, 0.15) is 22.3 Å². The molecule has 2 heterocycles. The molecule has 0 amide bonds. The molecule has 0 aliphatic heterocycles. The van der Waals surface area contributed by atoms with E-state index in [0.717, 1.165) is 121 Å². The van der Waals surface area contributed by atoms with Gasteiger partial charge in [-0.05, 0) is 184 Å². The van der Waals surface area contributed by atoms with Gasteiger partial charge in [-0.2, -0.15) is 0 Å². The summed E-state index contributed by atoms with van der Waals surface area (Å²) in [6, 6.07) is 116. The van der Waals surface area contributed by atoms with Gasteiger partial charge in [-0.1, -0.05) is 327 Å². The van der Waals surface area contributed by atoms with Gasteiger partial charge in [-0.3, -0.25) is 0 Å². The van der Waals surface area contributed by atoms with Crippen molar-refractivity contribution in [3.63, 3.8) is 0 Å². The minimum Gasteiger partial charge on any atom is -0.456 e. The van der Waals surface area contributed by atoms with Crippen molar-refractivity contribution in [3.8, 4) is 89.0 Å². The molecule has 0 saturated carbocycles. The summed E-state index contributed by atoms with van der Waals surface area (Å²) in [5, 5.41) is 17.6. The molecule has 0 radical (unpaired) electrons. The minimum atomic E-state index is -0.402. The van der Waals surface area contributed by atoms with Crippen molar-refractivity contribution in [2.45, 2.75) is 0 Å². The predicted molar refractivity (Wildman–Crippen MR) is 416 cm³/mol. The first-order valence-corrected chi connectivity index (χ1v) is 33.3. The Morgan fingerprint density at radius 3 is 1.19 bits per heavy atom. The van der Waals surface area contributed by atoms with Crippen LogP contribution in [0.2, 0.25) is 0 Å². The normalized spacial score (nSPS) is 12.4. The summed E-state index contributed by atoms with van der Waals surface area (Å²) < 4.78 is 56.3. The second-order valence-electron chi connectivity index (χ2n) is 25.2. The molecule has 456 valence electrons. The van der Waals surface area contributed by atoms with Gasteiger partial charge in [0.2, 0.25) is 0 Å². The van der Waals surface area contributed by atoms with E-state index in [1.807, 2.05) is 60.7 Å². The fraction of sp³-hybridized carbons (Fsp3) is 0. The third-order valence-corrected chi connectivity index (χ3v) is 19.8. The van der Waals surface area contributed by atoms with Crippen LogP contribution in [0.25, 0.3) is 198 Å². The van der Waals surface area contributed by atoms with Crippen molar-refractivity contribution in [1.29, 1.82) is 0 Å². The maximum Gasteiger partial charge on any atom is 0.143 e. The summed E-state index contributed by atoms with van der Waals surface area (Å²) in [7, 11) is 0. The van der Waals surface area contributed by atoms with Crippen molar-refractivity contribution < 1.29 is 15.7 Å². The van der Waals surface area contributed by atoms with E-state index in [0.29, 0.717) is 5.56 Å². The molecule has 2 aromatic heterocycles. The molecule has 20 aromatic rings. The molecule has 2 nitrogen and oxygen atoms in total. The predicted octanol–water partition coefficient (Wildman–Crippen LogP) is 27.4. The number of para-hydroxylation sites is 2. The Morgan fingerprint density at radius 1 is 0.194 bits per heavy atom. The minimum absolute atomic E-state index is 0.204. The lowest BCUT2D eigenvalue weighted by molar-refractivity contribution is 0.669. The maximum atomic E-state index is 8.94. The average Bonchev–Trinajstić information content (AvgIpc) is 1.23. The lowest BCUT2D eigenvalue weighted by atomic mass is 9.83. The van der Waals surface area contributed by atoms with E-state index in [9.17, 15) is 0 Å². The first-order valence-electron chi connectivity index (χ1n) is 35.8. The zero-order valence-corrected chi connectivity index (χ0v) is 53.1. The van der Waals surface area contributed by atoms with E-state index < -0.39 is 6.04 Å². The van der Waals surface area contributed by atoms with E-state index in [-0.39, 0.29) is 29.7 Å². The van der Waals surface area contributed by atoms with Crippen molar-refractivity contribution in [1.82, 2.24) is 0 Å². The molecule has 0 aliphatic rings. The third kappa shape index (κ3) is 9.41. The van der Waals surface area contributed by atoms with E-state index in [4.69, 9.17) is 15.7 Å². The lowest BCUT2D eigenvalue weighted by Gasteiger charge is -2.20. The number of hydrogen-bond donors (Lipinski definition) is 0. The van der Waals surface area contributed by atoms with E-state index >= 15 is 0 Å². The van der Waals surface area contributed by atoms with Crippen LogP contribution in [0.3, 0.4) is 0 Å². The van der Waals surface area contributed by atoms with E-state index in [1.165, 1.54) is 65.7 Å².